The first kappa shape index (κ1) is 22.7. The second-order valence-electron chi connectivity index (χ2n) is 5.91. The van der Waals surface area contributed by atoms with Crippen molar-refractivity contribution in [1.82, 2.24) is 15.6 Å². The van der Waals surface area contributed by atoms with Gasteiger partial charge in [-0.2, -0.15) is 0 Å². The Bertz CT molecular complexity index is 682. The number of rotatable bonds is 8. The summed E-state index contributed by atoms with van der Waals surface area (Å²) in [4.78, 5) is 10.1. The Labute approximate surface area is 177 Å². The number of aryl methyl sites for hydroxylation is 3. The summed E-state index contributed by atoms with van der Waals surface area (Å²) in [5.74, 6) is 1.82. The van der Waals surface area contributed by atoms with E-state index in [1.165, 1.54) is 16.0 Å². The lowest BCUT2D eigenvalue weighted by Gasteiger charge is -2.13. The molecule has 0 bridgehead atoms. The van der Waals surface area contributed by atoms with Crippen LogP contribution in [0.3, 0.4) is 0 Å². The number of hydrogen-bond acceptors (Lipinski definition) is 4. The van der Waals surface area contributed by atoms with Crippen LogP contribution in [0, 0.1) is 20.8 Å². The second kappa shape index (κ2) is 12.1. The number of ether oxygens (including phenoxy) is 1. The molecule has 1 heterocycles. The predicted molar refractivity (Wildman–Crippen MR) is 121 cm³/mol. The highest BCUT2D eigenvalue weighted by atomic mass is 127. The summed E-state index contributed by atoms with van der Waals surface area (Å²) in [6.07, 6.45) is 2.80. The average molecular weight is 488 g/mol. The van der Waals surface area contributed by atoms with E-state index in [0.717, 1.165) is 36.2 Å². The molecule has 2 aromatic rings. The van der Waals surface area contributed by atoms with Crippen molar-refractivity contribution >= 4 is 41.3 Å². The number of halogens is 1. The molecular weight excluding hydrogens is 459 g/mol. The van der Waals surface area contributed by atoms with Crippen LogP contribution < -0.4 is 15.4 Å². The third kappa shape index (κ3) is 7.49. The number of nitrogens with zero attached hydrogens (tertiary/aromatic N) is 2. The van der Waals surface area contributed by atoms with E-state index >= 15 is 0 Å². The Hall–Kier alpha value is -1.35. The van der Waals surface area contributed by atoms with E-state index < -0.39 is 0 Å². The van der Waals surface area contributed by atoms with Crippen LogP contribution in [0.25, 0.3) is 0 Å². The largest absolute Gasteiger partial charge is 0.493 e. The van der Waals surface area contributed by atoms with E-state index in [1.54, 1.807) is 11.3 Å². The van der Waals surface area contributed by atoms with E-state index in [2.05, 4.69) is 66.5 Å². The Morgan fingerprint density at radius 2 is 1.92 bits per heavy atom. The fourth-order valence-electron chi connectivity index (χ4n) is 2.44. The van der Waals surface area contributed by atoms with Crippen molar-refractivity contribution < 1.29 is 4.74 Å². The van der Waals surface area contributed by atoms with Crippen molar-refractivity contribution in [3.63, 3.8) is 0 Å². The number of guanidine groups is 1. The van der Waals surface area contributed by atoms with E-state index in [4.69, 9.17) is 4.74 Å². The van der Waals surface area contributed by atoms with E-state index in [0.29, 0.717) is 13.2 Å². The molecule has 0 aliphatic carbocycles. The summed E-state index contributed by atoms with van der Waals surface area (Å²) in [6.45, 7) is 11.2. The van der Waals surface area contributed by atoms with Gasteiger partial charge < -0.3 is 15.4 Å². The minimum absolute atomic E-state index is 0. The third-order valence-corrected chi connectivity index (χ3v) is 4.55. The number of benzene rings is 1. The highest BCUT2D eigenvalue weighted by Gasteiger charge is 2.03. The van der Waals surface area contributed by atoms with Crippen molar-refractivity contribution in [1.29, 1.82) is 0 Å². The predicted octanol–water partition coefficient (Wildman–Crippen LogP) is 4.21. The molecule has 0 radical (unpaired) electrons. The quantitative estimate of drug-likeness (QED) is 0.253. The molecule has 0 amide bonds. The van der Waals surface area contributed by atoms with Crippen molar-refractivity contribution in [2.45, 2.75) is 40.7 Å². The summed E-state index contributed by atoms with van der Waals surface area (Å²) < 4.78 is 5.93. The maximum absolute atomic E-state index is 5.93. The van der Waals surface area contributed by atoms with Crippen molar-refractivity contribution in [3.8, 4) is 5.75 Å². The van der Waals surface area contributed by atoms with Gasteiger partial charge in [0.2, 0.25) is 0 Å². The molecule has 2 rings (SSSR count). The zero-order valence-corrected chi connectivity index (χ0v) is 19.1. The summed E-state index contributed by atoms with van der Waals surface area (Å²) in [5.41, 5.74) is 2.36. The molecule has 2 N–H and O–H groups in total. The minimum atomic E-state index is 0. The second-order valence-corrected chi connectivity index (χ2v) is 7.23. The van der Waals surface area contributed by atoms with Gasteiger partial charge in [-0.25, -0.2) is 9.98 Å². The lowest BCUT2D eigenvalue weighted by molar-refractivity contribution is 0.307. The van der Waals surface area contributed by atoms with Gasteiger partial charge in [-0.05, 0) is 45.2 Å². The number of aromatic nitrogens is 1. The molecule has 7 heteroatoms. The number of aliphatic imine (C=N–C) groups is 1. The highest BCUT2D eigenvalue weighted by Crippen LogP contribution is 2.22. The van der Waals surface area contributed by atoms with E-state index in [9.17, 15) is 0 Å². The normalized spacial score (nSPS) is 11.0. The van der Waals surface area contributed by atoms with Crippen molar-refractivity contribution in [2.75, 3.05) is 19.7 Å². The molecule has 0 unspecified atom stereocenters. The Kier molecular flexibility index (Phi) is 10.6. The zero-order chi connectivity index (χ0) is 18.1. The molecular formula is C19H29IN4OS. The van der Waals surface area contributed by atoms with Gasteiger partial charge in [0.15, 0.2) is 5.96 Å². The maximum atomic E-state index is 5.93. The standard InChI is InChI=1S/C19H28N4OS.HI/c1-5-20-19(23-13-17-22-12-16(4)25-17)21-10-7-11-24-18-14(2)8-6-9-15(18)3;/h6,8-9,12H,5,7,10-11,13H2,1-4H3,(H2,20,21,23);1H. The van der Waals surface area contributed by atoms with Crippen molar-refractivity contribution in [2.24, 2.45) is 4.99 Å². The topological polar surface area (TPSA) is 58.5 Å². The van der Waals surface area contributed by atoms with Gasteiger partial charge in [-0.3, -0.25) is 0 Å². The molecule has 0 spiro atoms. The molecule has 26 heavy (non-hydrogen) atoms. The van der Waals surface area contributed by atoms with Gasteiger partial charge in [0.05, 0.1) is 13.2 Å². The molecule has 1 aromatic carbocycles. The Balaban J connectivity index is 0.00000338. The van der Waals surface area contributed by atoms with Gasteiger partial charge in [0.1, 0.15) is 10.8 Å². The molecule has 0 saturated carbocycles. The van der Waals surface area contributed by atoms with Gasteiger partial charge >= 0.3 is 0 Å². The number of thiazole rings is 1. The number of hydrogen-bond donors (Lipinski definition) is 2. The third-order valence-electron chi connectivity index (χ3n) is 3.65. The first-order valence-electron chi connectivity index (χ1n) is 8.72. The highest BCUT2D eigenvalue weighted by molar-refractivity contribution is 14.0. The maximum Gasteiger partial charge on any atom is 0.191 e. The molecule has 0 aliphatic heterocycles. The van der Waals surface area contributed by atoms with Gasteiger partial charge in [0, 0.05) is 24.2 Å². The zero-order valence-electron chi connectivity index (χ0n) is 16.0. The van der Waals surface area contributed by atoms with Crippen LogP contribution in [0.5, 0.6) is 5.75 Å². The molecule has 0 fully saturated rings. The monoisotopic (exact) mass is 488 g/mol. The first-order chi connectivity index (χ1) is 12.1. The molecule has 5 nitrogen and oxygen atoms in total. The summed E-state index contributed by atoms with van der Waals surface area (Å²) >= 11 is 1.69. The SMILES string of the molecule is CCNC(=NCc1ncc(C)s1)NCCCOc1c(C)cccc1C.I. The average Bonchev–Trinajstić information content (AvgIpc) is 3.00. The van der Waals surface area contributed by atoms with Gasteiger partial charge in [-0.1, -0.05) is 18.2 Å². The summed E-state index contributed by atoms with van der Waals surface area (Å²) in [7, 11) is 0. The van der Waals surface area contributed by atoms with Crippen LogP contribution in [0.4, 0.5) is 0 Å². The van der Waals surface area contributed by atoms with E-state index in [1.807, 2.05) is 6.20 Å². The van der Waals surface area contributed by atoms with Gasteiger partial charge in [0.25, 0.3) is 0 Å². The number of nitrogens with one attached hydrogen (secondary N) is 2. The van der Waals surface area contributed by atoms with E-state index in [-0.39, 0.29) is 24.0 Å². The first-order valence-corrected chi connectivity index (χ1v) is 9.54. The minimum Gasteiger partial charge on any atom is -0.493 e. The van der Waals surface area contributed by atoms with Crippen LogP contribution in [0.15, 0.2) is 29.4 Å². The van der Waals surface area contributed by atoms with Crippen LogP contribution in [0.1, 0.15) is 34.4 Å². The van der Waals surface area contributed by atoms with Crippen LogP contribution in [-0.2, 0) is 6.54 Å². The molecule has 0 aliphatic rings. The lowest BCUT2D eigenvalue weighted by atomic mass is 10.1. The fourth-order valence-corrected chi connectivity index (χ4v) is 3.15. The summed E-state index contributed by atoms with van der Waals surface area (Å²) in [5, 5.41) is 7.65. The van der Waals surface area contributed by atoms with Crippen LogP contribution >= 0.6 is 35.3 Å². The summed E-state index contributed by atoms with van der Waals surface area (Å²) in [6, 6.07) is 6.22. The van der Waals surface area contributed by atoms with Crippen molar-refractivity contribution in [3.05, 3.63) is 45.4 Å². The lowest BCUT2D eigenvalue weighted by Crippen LogP contribution is -2.38. The van der Waals surface area contributed by atoms with Crippen LogP contribution in [-0.4, -0.2) is 30.6 Å². The smallest absolute Gasteiger partial charge is 0.191 e. The Morgan fingerprint density at radius 1 is 1.19 bits per heavy atom. The van der Waals surface area contributed by atoms with Crippen LogP contribution in [0.2, 0.25) is 0 Å². The molecule has 0 saturated heterocycles. The Morgan fingerprint density at radius 3 is 2.54 bits per heavy atom. The molecule has 144 valence electrons. The molecule has 0 atom stereocenters. The fraction of sp³-hybridized carbons (Fsp3) is 0.474. The number of para-hydroxylation sites is 1. The van der Waals surface area contributed by atoms with Gasteiger partial charge in [-0.15, -0.1) is 35.3 Å². The molecule has 1 aromatic heterocycles.